The third-order valence-corrected chi connectivity index (χ3v) is 5.35. The summed E-state index contributed by atoms with van der Waals surface area (Å²) in [5.41, 5.74) is 1.25. The van der Waals surface area contributed by atoms with Crippen LogP contribution in [0.15, 0.2) is 48.5 Å². The van der Waals surface area contributed by atoms with E-state index >= 15 is 0 Å². The van der Waals surface area contributed by atoms with Gasteiger partial charge in [0.05, 0.1) is 11.5 Å². The molecule has 1 heterocycles. The zero-order valence-electron chi connectivity index (χ0n) is 16.5. The molecule has 1 amide bonds. The number of aliphatic carboxylic acids is 1. The third-order valence-electron chi connectivity index (χ3n) is 5.35. The number of hydrogen-bond donors (Lipinski definition) is 1. The molecule has 1 fully saturated rings. The molecule has 5 nitrogen and oxygen atoms in total. The lowest BCUT2D eigenvalue weighted by Gasteiger charge is -2.32. The average molecular weight is 420 g/mol. The molecule has 0 aliphatic carbocycles. The summed E-state index contributed by atoms with van der Waals surface area (Å²) in [6.45, 7) is 1.61. The Balaban J connectivity index is 1.64. The van der Waals surface area contributed by atoms with Gasteiger partial charge in [-0.3, -0.25) is 9.59 Å². The van der Waals surface area contributed by atoms with E-state index in [1.54, 1.807) is 7.05 Å². The van der Waals surface area contributed by atoms with Gasteiger partial charge < -0.3 is 14.9 Å². The zero-order valence-corrected chi connectivity index (χ0v) is 16.5. The molecule has 0 aromatic heterocycles. The maximum atomic E-state index is 12.7. The van der Waals surface area contributed by atoms with Gasteiger partial charge in [0.25, 0.3) is 5.91 Å². The van der Waals surface area contributed by atoms with Crippen molar-refractivity contribution in [1.82, 2.24) is 4.90 Å². The van der Waals surface area contributed by atoms with Crippen molar-refractivity contribution in [2.45, 2.75) is 25.6 Å². The molecule has 30 heavy (non-hydrogen) atoms. The predicted octanol–water partition coefficient (Wildman–Crippen LogP) is 4.28. The second-order valence-electron chi connectivity index (χ2n) is 7.51. The summed E-state index contributed by atoms with van der Waals surface area (Å²) in [6.07, 6.45) is -3.26. The Kier molecular flexibility index (Phi) is 6.34. The van der Waals surface area contributed by atoms with Gasteiger partial charge >= 0.3 is 12.1 Å². The SMILES string of the molecule is CN(Cc1cccc(N2CCC(C(=O)O)CC2)c1)C(=O)c1ccc(C(F)(F)F)cc1. The molecule has 0 bridgehead atoms. The van der Waals surface area contributed by atoms with E-state index in [4.69, 9.17) is 5.11 Å². The maximum absolute atomic E-state index is 12.7. The van der Waals surface area contributed by atoms with Crippen molar-refractivity contribution in [1.29, 1.82) is 0 Å². The molecule has 0 atom stereocenters. The van der Waals surface area contributed by atoms with Gasteiger partial charge in [-0.05, 0) is 54.8 Å². The van der Waals surface area contributed by atoms with E-state index in [1.807, 2.05) is 24.3 Å². The minimum absolute atomic E-state index is 0.192. The molecule has 0 unspecified atom stereocenters. The van der Waals surface area contributed by atoms with E-state index in [1.165, 1.54) is 17.0 Å². The van der Waals surface area contributed by atoms with Gasteiger partial charge in [0.1, 0.15) is 0 Å². The Morgan fingerprint density at radius 2 is 1.73 bits per heavy atom. The number of rotatable bonds is 5. The Labute approximate surface area is 172 Å². The van der Waals surface area contributed by atoms with E-state index in [-0.39, 0.29) is 17.4 Å². The molecular formula is C22H23F3N2O3. The highest BCUT2D eigenvalue weighted by atomic mass is 19.4. The lowest BCUT2D eigenvalue weighted by Crippen LogP contribution is -2.36. The van der Waals surface area contributed by atoms with Crippen LogP contribution in [0.25, 0.3) is 0 Å². The molecule has 1 aliphatic heterocycles. The average Bonchev–Trinajstić information content (AvgIpc) is 2.73. The predicted molar refractivity (Wildman–Crippen MR) is 106 cm³/mol. The summed E-state index contributed by atoms with van der Waals surface area (Å²) in [5, 5.41) is 9.13. The Bertz CT molecular complexity index is 905. The summed E-state index contributed by atoms with van der Waals surface area (Å²) in [7, 11) is 1.60. The number of carboxylic acids is 1. The molecule has 1 aliphatic rings. The lowest BCUT2D eigenvalue weighted by atomic mass is 9.96. The van der Waals surface area contributed by atoms with E-state index < -0.39 is 17.7 Å². The number of anilines is 1. The van der Waals surface area contributed by atoms with Crippen molar-refractivity contribution in [3.8, 4) is 0 Å². The quantitative estimate of drug-likeness (QED) is 0.785. The van der Waals surface area contributed by atoms with E-state index in [2.05, 4.69) is 4.90 Å². The van der Waals surface area contributed by atoms with Crippen molar-refractivity contribution in [2.24, 2.45) is 5.92 Å². The summed E-state index contributed by atoms with van der Waals surface area (Å²) < 4.78 is 38.1. The van der Waals surface area contributed by atoms with Crippen LogP contribution in [0.3, 0.4) is 0 Å². The fraction of sp³-hybridized carbons (Fsp3) is 0.364. The first-order chi connectivity index (χ1) is 14.1. The van der Waals surface area contributed by atoms with Crippen LogP contribution in [0.1, 0.15) is 34.3 Å². The van der Waals surface area contributed by atoms with Crippen LogP contribution in [-0.2, 0) is 17.5 Å². The van der Waals surface area contributed by atoms with Gasteiger partial charge in [-0.2, -0.15) is 13.2 Å². The van der Waals surface area contributed by atoms with E-state index in [0.29, 0.717) is 32.5 Å². The second-order valence-corrected chi connectivity index (χ2v) is 7.51. The molecule has 0 radical (unpaired) electrons. The van der Waals surface area contributed by atoms with Crippen LogP contribution in [-0.4, -0.2) is 42.0 Å². The van der Waals surface area contributed by atoms with Crippen LogP contribution < -0.4 is 4.90 Å². The molecule has 3 rings (SSSR count). The first kappa shape index (κ1) is 21.7. The number of halogens is 3. The largest absolute Gasteiger partial charge is 0.481 e. The number of piperidine rings is 1. The molecule has 1 N–H and O–H groups in total. The number of carboxylic acid groups (broad SMARTS) is 1. The molecule has 160 valence electrons. The first-order valence-electron chi connectivity index (χ1n) is 9.64. The van der Waals surface area contributed by atoms with Crippen LogP contribution in [0.2, 0.25) is 0 Å². The van der Waals surface area contributed by atoms with E-state index in [0.717, 1.165) is 23.4 Å². The van der Waals surface area contributed by atoms with Gasteiger partial charge in [-0.1, -0.05) is 12.1 Å². The highest BCUT2D eigenvalue weighted by molar-refractivity contribution is 5.94. The molecule has 0 saturated carbocycles. The first-order valence-corrected chi connectivity index (χ1v) is 9.64. The van der Waals surface area contributed by atoms with Gasteiger partial charge in [0.15, 0.2) is 0 Å². The fourth-order valence-electron chi connectivity index (χ4n) is 3.60. The topological polar surface area (TPSA) is 60.9 Å². The maximum Gasteiger partial charge on any atom is 0.416 e. The Morgan fingerprint density at radius 1 is 1.10 bits per heavy atom. The fourth-order valence-corrected chi connectivity index (χ4v) is 3.60. The van der Waals surface area contributed by atoms with Crippen molar-refractivity contribution in [3.05, 3.63) is 65.2 Å². The summed E-state index contributed by atoms with van der Waals surface area (Å²) in [6, 6.07) is 11.8. The Morgan fingerprint density at radius 3 is 2.30 bits per heavy atom. The van der Waals surface area contributed by atoms with Gasteiger partial charge in [0, 0.05) is 37.9 Å². The monoisotopic (exact) mass is 420 g/mol. The van der Waals surface area contributed by atoms with E-state index in [9.17, 15) is 22.8 Å². The number of nitrogens with zero attached hydrogens (tertiary/aromatic N) is 2. The van der Waals surface area contributed by atoms with Crippen molar-refractivity contribution in [3.63, 3.8) is 0 Å². The summed E-state index contributed by atoms with van der Waals surface area (Å²) in [5.74, 6) is -1.43. The number of hydrogen-bond acceptors (Lipinski definition) is 3. The Hall–Kier alpha value is -3.03. The zero-order chi connectivity index (χ0) is 21.9. The number of alkyl halides is 3. The highest BCUT2D eigenvalue weighted by Gasteiger charge is 2.30. The van der Waals surface area contributed by atoms with Crippen LogP contribution in [0.5, 0.6) is 0 Å². The summed E-state index contributed by atoms with van der Waals surface area (Å²) in [4.78, 5) is 27.3. The third kappa shape index (κ3) is 5.11. The molecule has 0 spiro atoms. The smallest absolute Gasteiger partial charge is 0.416 e. The van der Waals surface area contributed by atoms with Gasteiger partial charge in [-0.25, -0.2) is 0 Å². The number of benzene rings is 2. The highest BCUT2D eigenvalue weighted by Crippen LogP contribution is 2.29. The van der Waals surface area contributed by atoms with Crippen molar-refractivity contribution >= 4 is 17.6 Å². The number of carbonyl (C=O) groups excluding carboxylic acids is 1. The molecule has 8 heteroatoms. The van der Waals surface area contributed by atoms with Crippen molar-refractivity contribution in [2.75, 3.05) is 25.0 Å². The molecular weight excluding hydrogens is 397 g/mol. The lowest BCUT2D eigenvalue weighted by molar-refractivity contribution is -0.142. The van der Waals surface area contributed by atoms with Crippen molar-refractivity contribution < 1.29 is 27.9 Å². The second kappa shape index (κ2) is 8.77. The standard InChI is InChI=1S/C22H23F3N2O3/c1-26(20(28)16-5-7-18(8-6-16)22(23,24)25)14-15-3-2-4-19(13-15)27-11-9-17(10-12-27)21(29)30/h2-8,13,17H,9-12,14H2,1H3,(H,29,30). The van der Waals surface area contributed by atoms with Crippen LogP contribution in [0.4, 0.5) is 18.9 Å². The number of amides is 1. The van der Waals surface area contributed by atoms with Crippen LogP contribution in [0, 0.1) is 5.92 Å². The normalized spacial score (nSPS) is 15.1. The van der Waals surface area contributed by atoms with Gasteiger partial charge in [0.2, 0.25) is 0 Å². The molecule has 1 saturated heterocycles. The van der Waals surface area contributed by atoms with Crippen LogP contribution >= 0.6 is 0 Å². The summed E-state index contributed by atoms with van der Waals surface area (Å²) >= 11 is 0. The minimum atomic E-state index is -4.44. The number of carbonyl (C=O) groups is 2. The minimum Gasteiger partial charge on any atom is -0.481 e. The molecule has 2 aromatic carbocycles. The van der Waals surface area contributed by atoms with Gasteiger partial charge in [-0.15, -0.1) is 0 Å². The molecule has 2 aromatic rings.